The van der Waals surface area contributed by atoms with Gasteiger partial charge in [-0.2, -0.15) is 11.9 Å². The maximum Gasteiger partial charge on any atom is 0 e. The molecule has 0 atom stereocenters. The fourth-order valence-electron chi connectivity index (χ4n) is 0.622. The predicted molar refractivity (Wildman–Crippen MR) is 89.9 cm³/mol. The molecule has 0 saturated heterocycles. The Morgan fingerprint density at radius 1 is 1.11 bits per heavy atom. The van der Waals surface area contributed by atoms with Gasteiger partial charge in [-0.25, -0.2) is 0 Å². The summed E-state index contributed by atoms with van der Waals surface area (Å²) < 4.78 is 0. The van der Waals surface area contributed by atoms with Gasteiger partial charge in [-0.1, -0.05) is 73.3 Å². The molecular weight excluding hydrogens is 402 g/mol. The topological polar surface area (TPSA) is 14.1 Å². The first kappa shape index (κ1) is 31.1. The Kier molecular flexibility index (Phi) is 70.7. The van der Waals surface area contributed by atoms with E-state index < -0.39 is 0 Å². The van der Waals surface area contributed by atoms with E-state index in [1.807, 2.05) is 66.0 Å². The standard InChI is InChI=1S/C7H8N.C4H8.3C2H6.W/c1-2-4-7-5-3-6-8-7;1-3-4-2;3*1-2;/h2-4,6H,1,5H2;3H,1,4H2,2H3;3*1-2H3;/q-1;;;;;/b7-4+;;;;;. The van der Waals surface area contributed by atoms with Crippen LogP contribution in [0.4, 0.5) is 0 Å². The first-order valence-electron chi connectivity index (χ1n) is 7.13. The van der Waals surface area contributed by atoms with Gasteiger partial charge >= 0.3 is 0 Å². The Labute approximate surface area is 137 Å². The molecule has 0 radical (unpaired) electrons. The summed E-state index contributed by atoms with van der Waals surface area (Å²) in [5.74, 6) is 0. The van der Waals surface area contributed by atoms with Crippen molar-refractivity contribution < 1.29 is 21.1 Å². The Bertz CT molecular complexity index is 183. The number of nitrogens with zero attached hydrogens (tertiary/aromatic N) is 1. The second-order valence-corrected chi connectivity index (χ2v) is 2.31. The molecule has 0 aromatic rings. The molecule has 0 bridgehead atoms. The van der Waals surface area contributed by atoms with Crippen molar-refractivity contribution >= 4 is 0 Å². The second-order valence-electron chi connectivity index (χ2n) is 2.31. The molecule has 0 spiro atoms. The molecule has 0 amide bonds. The summed E-state index contributed by atoms with van der Waals surface area (Å²) >= 11 is 0. The Balaban J connectivity index is -0.0000000515. The van der Waals surface area contributed by atoms with E-state index in [9.17, 15) is 0 Å². The van der Waals surface area contributed by atoms with Gasteiger partial charge in [0.1, 0.15) is 0 Å². The zero-order valence-electron chi connectivity index (χ0n) is 14.1. The normalized spacial score (nSPS) is 11.2. The van der Waals surface area contributed by atoms with Crippen LogP contribution >= 0.6 is 0 Å². The van der Waals surface area contributed by atoms with Crippen LogP contribution in [-0.4, -0.2) is 0 Å². The minimum Gasteiger partial charge on any atom is -0.668 e. The molecule has 0 saturated carbocycles. The maximum absolute atomic E-state index is 4.03. The van der Waals surface area contributed by atoms with Gasteiger partial charge in [0.15, 0.2) is 0 Å². The van der Waals surface area contributed by atoms with Gasteiger partial charge < -0.3 is 5.32 Å². The van der Waals surface area contributed by atoms with E-state index in [0.29, 0.717) is 0 Å². The molecule has 0 aromatic heterocycles. The van der Waals surface area contributed by atoms with Gasteiger partial charge in [0, 0.05) is 21.1 Å². The minimum atomic E-state index is 0. The van der Waals surface area contributed by atoms with Crippen molar-refractivity contribution in [3.05, 3.63) is 54.7 Å². The average molecular weight is 436 g/mol. The third-order valence-electron chi connectivity index (χ3n) is 1.27. The van der Waals surface area contributed by atoms with Crippen molar-refractivity contribution in [1.82, 2.24) is 0 Å². The second kappa shape index (κ2) is 43.2. The molecule has 19 heavy (non-hydrogen) atoms. The quantitative estimate of drug-likeness (QED) is 0.414. The van der Waals surface area contributed by atoms with Crippen LogP contribution in [0, 0.1) is 0 Å². The average Bonchev–Trinajstić information content (AvgIpc) is 2.99. The van der Waals surface area contributed by atoms with Gasteiger partial charge in [0.2, 0.25) is 0 Å². The van der Waals surface area contributed by atoms with Gasteiger partial charge in [0.05, 0.1) is 0 Å². The summed E-state index contributed by atoms with van der Waals surface area (Å²) in [6, 6.07) is 0. The van der Waals surface area contributed by atoms with E-state index in [-0.39, 0.29) is 21.1 Å². The molecule has 1 heterocycles. The van der Waals surface area contributed by atoms with Crippen molar-refractivity contribution in [2.24, 2.45) is 0 Å². The first-order chi connectivity index (χ1) is 8.85. The molecule has 0 N–H and O–H groups in total. The van der Waals surface area contributed by atoms with Crippen LogP contribution in [0.25, 0.3) is 5.32 Å². The predicted octanol–water partition coefficient (Wildman–Crippen LogP) is 7.01. The minimum absolute atomic E-state index is 0. The third-order valence-corrected chi connectivity index (χ3v) is 1.27. The van der Waals surface area contributed by atoms with E-state index in [0.717, 1.165) is 18.5 Å². The molecule has 2 heteroatoms. The van der Waals surface area contributed by atoms with Crippen LogP contribution in [0.15, 0.2) is 49.4 Å². The smallest absolute Gasteiger partial charge is 0 e. The summed E-state index contributed by atoms with van der Waals surface area (Å²) in [5, 5.41) is 4.03. The van der Waals surface area contributed by atoms with Crippen molar-refractivity contribution in [1.29, 1.82) is 0 Å². The number of allylic oxidation sites excluding steroid dienone is 4. The van der Waals surface area contributed by atoms with Crippen LogP contribution in [0.3, 0.4) is 0 Å². The number of hydrogen-bond donors (Lipinski definition) is 0. The van der Waals surface area contributed by atoms with Crippen molar-refractivity contribution in [3.63, 3.8) is 0 Å². The first-order valence-corrected chi connectivity index (χ1v) is 7.13. The van der Waals surface area contributed by atoms with Crippen molar-refractivity contribution in [2.45, 2.75) is 61.3 Å². The summed E-state index contributed by atoms with van der Waals surface area (Å²) in [7, 11) is 0. The Morgan fingerprint density at radius 2 is 1.53 bits per heavy atom. The van der Waals surface area contributed by atoms with Crippen molar-refractivity contribution in [2.75, 3.05) is 0 Å². The summed E-state index contributed by atoms with van der Waals surface area (Å²) in [4.78, 5) is 0. The molecule has 114 valence electrons. The van der Waals surface area contributed by atoms with Gasteiger partial charge in [-0.3, -0.25) is 0 Å². The molecule has 0 aliphatic carbocycles. The summed E-state index contributed by atoms with van der Waals surface area (Å²) in [6.07, 6.45) is 11.4. The zero-order chi connectivity index (χ0) is 15.2. The molecule has 1 aliphatic heterocycles. The summed E-state index contributed by atoms with van der Waals surface area (Å²) in [5.41, 5.74) is 1.10. The number of rotatable bonds is 2. The zero-order valence-corrected chi connectivity index (χ0v) is 17.0. The van der Waals surface area contributed by atoms with E-state index in [2.05, 4.69) is 25.4 Å². The van der Waals surface area contributed by atoms with Crippen LogP contribution in [-0.2, 0) is 21.1 Å². The van der Waals surface area contributed by atoms with Crippen LogP contribution in [0.5, 0.6) is 0 Å². The van der Waals surface area contributed by atoms with Crippen LogP contribution in [0.1, 0.15) is 61.3 Å². The fraction of sp³-hybridized carbons (Fsp3) is 0.529. The van der Waals surface area contributed by atoms with Crippen molar-refractivity contribution in [3.8, 4) is 0 Å². The third kappa shape index (κ3) is 38.1. The monoisotopic (exact) mass is 436 g/mol. The summed E-state index contributed by atoms with van der Waals surface area (Å²) in [6.45, 7) is 21.1. The molecule has 1 nitrogen and oxygen atoms in total. The molecule has 0 fully saturated rings. The fourth-order valence-corrected chi connectivity index (χ4v) is 0.622. The maximum atomic E-state index is 4.03. The molecule has 0 aromatic carbocycles. The van der Waals surface area contributed by atoms with Gasteiger partial charge in [-0.15, -0.1) is 12.7 Å². The largest absolute Gasteiger partial charge is 0.668 e. The van der Waals surface area contributed by atoms with E-state index in [1.54, 1.807) is 6.08 Å². The Morgan fingerprint density at radius 3 is 1.74 bits per heavy atom. The Hall–Kier alpha value is -0.552. The van der Waals surface area contributed by atoms with E-state index in [1.165, 1.54) is 0 Å². The SMILES string of the molecule is C=C/C=C1\CC=C[N-]1.C=CCC.CC.CC.CC.[W]. The molecule has 1 rings (SSSR count). The van der Waals surface area contributed by atoms with E-state index in [4.69, 9.17) is 0 Å². The van der Waals surface area contributed by atoms with Gasteiger partial charge in [-0.05, 0) is 12.8 Å². The number of hydrogen-bond acceptors (Lipinski definition) is 0. The van der Waals surface area contributed by atoms with E-state index >= 15 is 0 Å². The van der Waals surface area contributed by atoms with Crippen LogP contribution in [0.2, 0.25) is 0 Å². The molecule has 0 unspecified atom stereocenters. The van der Waals surface area contributed by atoms with Gasteiger partial charge in [0.25, 0.3) is 0 Å². The molecular formula is C17H34NW-. The van der Waals surface area contributed by atoms with Crippen LogP contribution < -0.4 is 0 Å². The molecule has 1 aliphatic rings.